The molecule has 3 aliphatic rings. The SMILES string of the molecule is CC(=O)N[C@@H](C)COC1CC(COc2nccc(N3C4CCC3CC4)c2Cl)C1. The molecule has 2 saturated heterocycles. The molecule has 1 aromatic rings. The van der Waals surface area contributed by atoms with E-state index in [1.165, 1.54) is 32.6 Å². The summed E-state index contributed by atoms with van der Waals surface area (Å²) in [6.45, 7) is 4.64. The van der Waals surface area contributed by atoms with Crippen molar-refractivity contribution in [2.45, 2.75) is 76.6 Å². The summed E-state index contributed by atoms with van der Waals surface area (Å²) in [5.74, 6) is 0.990. The topological polar surface area (TPSA) is 63.7 Å². The van der Waals surface area contributed by atoms with E-state index in [1.807, 2.05) is 19.2 Å². The number of hydrogen-bond donors (Lipinski definition) is 1. The summed E-state index contributed by atoms with van der Waals surface area (Å²) in [6.07, 6.45) is 9.07. The molecule has 6 nitrogen and oxygen atoms in total. The van der Waals surface area contributed by atoms with E-state index in [2.05, 4.69) is 15.2 Å². The maximum absolute atomic E-state index is 11.0. The van der Waals surface area contributed by atoms with Crippen molar-refractivity contribution in [3.05, 3.63) is 17.3 Å². The van der Waals surface area contributed by atoms with Crippen molar-refractivity contribution in [3.63, 3.8) is 0 Å². The minimum absolute atomic E-state index is 0.0236. The van der Waals surface area contributed by atoms with Gasteiger partial charge in [-0.3, -0.25) is 4.79 Å². The third kappa shape index (κ3) is 4.23. The van der Waals surface area contributed by atoms with Crippen LogP contribution in [0.3, 0.4) is 0 Å². The van der Waals surface area contributed by atoms with E-state index in [0.29, 0.717) is 42.1 Å². The molecule has 154 valence electrons. The van der Waals surface area contributed by atoms with Crippen LogP contribution in [0.5, 0.6) is 5.88 Å². The van der Waals surface area contributed by atoms with Crippen molar-refractivity contribution < 1.29 is 14.3 Å². The Morgan fingerprint density at radius 2 is 2.00 bits per heavy atom. The van der Waals surface area contributed by atoms with Gasteiger partial charge in [0.05, 0.1) is 25.0 Å². The largest absolute Gasteiger partial charge is 0.476 e. The summed E-state index contributed by atoms with van der Waals surface area (Å²) < 4.78 is 11.8. The van der Waals surface area contributed by atoms with Crippen LogP contribution >= 0.6 is 11.6 Å². The number of pyridine rings is 1. The highest BCUT2D eigenvalue weighted by Gasteiger charge is 2.40. The second-order valence-corrected chi connectivity index (χ2v) is 8.90. The van der Waals surface area contributed by atoms with Crippen LogP contribution in [0.2, 0.25) is 5.02 Å². The number of anilines is 1. The number of halogens is 1. The number of carbonyl (C=O) groups excluding carboxylic acids is 1. The van der Waals surface area contributed by atoms with Gasteiger partial charge in [-0.05, 0) is 57.4 Å². The summed E-state index contributed by atoms with van der Waals surface area (Å²) in [5, 5.41) is 3.48. The first-order valence-corrected chi connectivity index (χ1v) is 10.8. The zero-order valence-electron chi connectivity index (χ0n) is 16.7. The van der Waals surface area contributed by atoms with Crippen molar-refractivity contribution in [2.75, 3.05) is 18.1 Å². The molecule has 3 heterocycles. The average Bonchev–Trinajstić information content (AvgIpc) is 3.21. The Kier molecular flexibility index (Phi) is 5.97. The lowest BCUT2D eigenvalue weighted by Crippen LogP contribution is -2.40. The number of ether oxygens (including phenoxy) is 2. The molecule has 2 aliphatic heterocycles. The first-order valence-electron chi connectivity index (χ1n) is 10.5. The molecule has 28 heavy (non-hydrogen) atoms. The molecule has 3 fully saturated rings. The van der Waals surface area contributed by atoms with Gasteiger partial charge in [0.15, 0.2) is 0 Å². The number of rotatable bonds is 8. The minimum Gasteiger partial charge on any atom is -0.476 e. The average molecular weight is 408 g/mol. The monoisotopic (exact) mass is 407 g/mol. The Balaban J connectivity index is 1.23. The van der Waals surface area contributed by atoms with Crippen LogP contribution < -0.4 is 15.0 Å². The van der Waals surface area contributed by atoms with E-state index in [0.717, 1.165) is 18.5 Å². The Morgan fingerprint density at radius 3 is 2.64 bits per heavy atom. The van der Waals surface area contributed by atoms with Crippen LogP contribution in [0.15, 0.2) is 12.3 Å². The molecular weight excluding hydrogens is 378 g/mol. The highest BCUT2D eigenvalue weighted by molar-refractivity contribution is 6.34. The maximum atomic E-state index is 11.0. The second kappa shape index (κ2) is 8.46. The van der Waals surface area contributed by atoms with Crippen molar-refractivity contribution in [1.82, 2.24) is 10.3 Å². The number of aromatic nitrogens is 1. The van der Waals surface area contributed by atoms with E-state index < -0.39 is 0 Å². The normalized spacial score (nSPS) is 29.5. The molecule has 0 aromatic carbocycles. The van der Waals surface area contributed by atoms with Gasteiger partial charge < -0.3 is 19.7 Å². The summed E-state index contributed by atoms with van der Waals surface area (Å²) in [7, 11) is 0. The number of nitrogens with one attached hydrogen (secondary N) is 1. The van der Waals surface area contributed by atoms with Crippen molar-refractivity contribution in [1.29, 1.82) is 0 Å². The van der Waals surface area contributed by atoms with Gasteiger partial charge in [-0.2, -0.15) is 0 Å². The zero-order chi connectivity index (χ0) is 19.7. The maximum Gasteiger partial charge on any atom is 0.234 e. The van der Waals surface area contributed by atoms with Gasteiger partial charge >= 0.3 is 0 Å². The molecule has 1 aromatic heterocycles. The third-order valence-corrected chi connectivity index (χ3v) is 6.60. The van der Waals surface area contributed by atoms with E-state index in [-0.39, 0.29) is 18.1 Å². The lowest BCUT2D eigenvalue weighted by atomic mass is 9.83. The highest BCUT2D eigenvalue weighted by Crippen LogP contribution is 2.45. The van der Waals surface area contributed by atoms with E-state index in [4.69, 9.17) is 21.1 Å². The number of hydrogen-bond acceptors (Lipinski definition) is 5. The zero-order valence-corrected chi connectivity index (χ0v) is 17.5. The molecule has 1 atom stereocenters. The second-order valence-electron chi connectivity index (χ2n) is 8.52. The number of fused-ring (bicyclic) bond motifs is 2. The van der Waals surface area contributed by atoms with Crippen LogP contribution in [-0.2, 0) is 9.53 Å². The number of carbonyl (C=O) groups is 1. The lowest BCUT2D eigenvalue weighted by molar-refractivity contribution is -0.120. The smallest absolute Gasteiger partial charge is 0.234 e. The quantitative estimate of drug-likeness (QED) is 0.713. The van der Waals surface area contributed by atoms with E-state index in [1.54, 1.807) is 0 Å². The van der Waals surface area contributed by atoms with Gasteiger partial charge in [0, 0.05) is 31.2 Å². The summed E-state index contributed by atoms with van der Waals surface area (Å²) in [5.41, 5.74) is 1.08. The van der Waals surface area contributed by atoms with Crippen LogP contribution in [0, 0.1) is 5.92 Å². The van der Waals surface area contributed by atoms with Gasteiger partial charge in [0.2, 0.25) is 11.8 Å². The molecule has 0 radical (unpaired) electrons. The standard InChI is InChI=1S/C21H30ClN3O3/c1-13(24-14(2)26)11-27-18-9-15(10-18)12-28-21-20(22)19(7-8-23-21)25-16-3-4-17(25)6-5-16/h7-8,13,15-18H,3-6,9-12H2,1-2H3,(H,24,26)/t13-,15?,16?,17?,18?/m0/s1. The molecule has 4 rings (SSSR count). The first kappa shape index (κ1) is 19.8. The fourth-order valence-corrected chi connectivity index (χ4v) is 5.10. The van der Waals surface area contributed by atoms with Gasteiger partial charge in [-0.25, -0.2) is 4.98 Å². The lowest BCUT2D eigenvalue weighted by Gasteiger charge is -2.35. The predicted molar refractivity (Wildman–Crippen MR) is 109 cm³/mol. The Morgan fingerprint density at radius 1 is 1.32 bits per heavy atom. The van der Waals surface area contributed by atoms with Crippen LogP contribution in [0.25, 0.3) is 0 Å². The number of nitrogens with zero attached hydrogens (tertiary/aromatic N) is 2. The van der Waals surface area contributed by atoms with Gasteiger partial charge in [0.25, 0.3) is 0 Å². The van der Waals surface area contributed by atoms with E-state index >= 15 is 0 Å². The molecule has 1 saturated carbocycles. The summed E-state index contributed by atoms with van der Waals surface area (Å²) in [4.78, 5) is 17.9. The summed E-state index contributed by atoms with van der Waals surface area (Å²) >= 11 is 6.66. The van der Waals surface area contributed by atoms with Gasteiger partial charge in [-0.1, -0.05) is 11.6 Å². The predicted octanol–water partition coefficient (Wildman–Crippen LogP) is 3.56. The molecule has 0 unspecified atom stereocenters. The Bertz CT molecular complexity index is 690. The molecule has 7 heteroatoms. The summed E-state index contributed by atoms with van der Waals surface area (Å²) in [6, 6.07) is 3.32. The molecule has 1 aliphatic carbocycles. The Hall–Kier alpha value is -1.53. The highest BCUT2D eigenvalue weighted by atomic mass is 35.5. The van der Waals surface area contributed by atoms with Crippen molar-refractivity contribution in [2.24, 2.45) is 5.92 Å². The third-order valence-electron chi connectivity index (χ3n) is 6.25. The Labute approximate surface area is 171 Å². The first-order chi connectivity index (χ1) is 13.5. The molecule has 0 spiro atoms. The van der Waals surface area contributed by atoms with Crippen molar-refractivity contribution in [3.8, 4) is 5.88 Å². The fourth-order valence-electron chi connectivity index (χ4n) is 4.83. The van der Waals surface area contributed by atoms with E-state index in [9.17, 15) is 4.79 Å². The number of amides is 1. The fraction of sp³-hybridized carbons (Fsp3) is 0.714. The minimum atomic E-state index is -0.0236. The van der Waals surface area contributed by atoms with Crippen LogP contribution in [0.1, 0.15) is 52.4 Å². The van der Waals surface area contributed by atoms with Crippen LogP contribution in [0.4, 0.5) is 5.69 Å². The van der Waals surface area contributed by atoms with Gasteiger partial charge in [-0.15, -0.1) is 0 Å². The molecule has 1 amide bonds. The molecule has 2 bridgehead atoms. The molecule has 1 N–H and O–H groups in total. The van der Waals surface area contributed by atoms with Crippen molar-refractivity contribution >= 4 is 23.2 Å². The van der Waals surface area contributed by atoms with Gasteiger partial charge in [0.1, 0.15) is 5.02 Å². The van der Waals surface area contributed by atoms with Crippen LogP contribution in [-0.4, -0.2) is 48.3 Å². The molecular formula is C21H30ClN3O3.